The molecule has 0 bridgehead atoms. The molecule has 4 atom stereocenters. The van der Waals surface area contributed by atoms with Crippen LogP contribution in [0.5, 0.6) is 0 Å². The molecule has 2 rings (SSSR count). The number of ether oxygens (including phenoxy) is 1. The standard InChI is InChI=1S/C9H14O3/c1-5-2-3-8(12-5)6-4-7(6)9(10)11/h5-8H,2-4H2,1H3,(H,10,11)/t5-,6-,7-,8?/m1/s1. The zero-order valence-electron chi connectivity index (χ0n) is 7.19. The Kier molecular flexibility index (Phi) is 1.83. The van der Waals surface area contributed by atoms with Gasteiger partial charge in [-0.3, -0.25) is 4.79 Å². The number of rotatable bonds is 2. The van der Waals surface area contributed by atoms with E-state index < -0.39 is 5.97 Å². The zero-order valence-corrected chi connectivity index (χ0v) is 7.19. The molecule has 3 nitrogen and oxygen atoms in total. The fraction of sp³-hybridized carbons (Fsp3) is 0.889. The summed E-state index contributed by atoms with van der Waals surface area (Å²) in [5.41, 5.74) is 0. The maximum atomic E-state index is 10.6. The van der Waals surface area contributed by atoms with E-state index in [0.29, 0.717) is 12.0 Å². The maximum Gasteiger partial charge on any atom is 0.306 e. The number of hydrogen-bond donors (Lipinski definition) is 1. The monoisotopic (exact) mass is 170 g/mol. The van der Waals surface area contributed by atoms with Crippen molar-refractivity contribution in [2.75, 3.05) is 0 Å². The Morgan fingerprint density at radius 2 is 2.25 bits per heavy atom. The molecule has 2 aliphatic rings. The van der Waals surface area contributed by atoms with E-state index in [1.807, 2.05) is 0 Å². The third-order valence-corrected chi connectivity index (χ3v) is 2.90. The van der Waals surface area contributed by atoms with Crippen LogP contribution >= 0.6 is 0 Å². The van der Waals surface area contributed by atoms with E-state index in [-0.39, 0.29) is 12.0 Å². The highest BCUT2D eigenvalue weighted by molar-refractivity contribution is 5.73. The Morgan fingerprint density at radius 1 is 1.50 bits per heavy atom. The Balaban J connectivity index is 1.85. The van der Waals surface area contributed by atoms with Gasteiger partial charge in [-0.1, -0.05) is 0 Å². The van der Waals surface area contributed by atoms with E-state index in [9.17, 15) is 4.79 Å². The van der Waals surface area contributed by atoms with Crippen LogP contribution in [-0.2, 0) is 9.53 Å². The van der Waals surface area contributed by atoms with Gasteiger partial charge >= 0.3 is 5.97 Å². The quantitative estimate of drug-likeness (QED) is 0.679. The summed E-state index contributed by atoms with van der Waals surface area (Å²) >= 11 is 0. The fourth-order valence-electron chi connectivity index (χ4n) is 2.06. The molecule has 1 unspecified atom stereocenters. The molecule has 0 aromatic rings. The minimum atomic E-state index is -0.650. The second kappa shape index (κ2) is 2.73. The van der Waals surface area contributed by atoms with Crippen molar-refractivity contribution < 1.29 is 14.6 Å². The van der Waals surface area contributed by atoms with E-state index in [1.165, 1.54) is 0 Å². The molecule has 1 aliphatic carbocycles. The summed E-state index contributed by atoms with van der Waals surface area (Å²) in [5.74, 6) is -0.448. The molecule has 0 radical (unpaired) electrons. The molecule has 3 heteroatoms. The predicted molar refractivity (Wildman–Crippen MR) is 42.8 cm³/mol. The molecule has 0 aromatic heterocycles. The minimum absolute atomic E-state index is 0.111. The molecule has 68 valence electrons. The lowest BCUT2D eigenvalue weighted by Gasteiger charge is -2.08. The molecule has 1 heterocycles. The third kappa shape index (κ3) is 1.33. The van der Waals surface area contributed by atoms with Crippen LogP contribution in [0.2, 0.25) is 0 Å². The van der Waals surface area contributed by atoms with Crippen molar-refractivity contribution in [2.24, 2.45) is 11.8 Å². The number of hydrogen-bond acceptors (Lipinski definition) is 2. The average molecular weight is 170 g/mol. The molecule has 1 aliphatic heterocycles. The SMILES string of the molecule is C[C@@H]1CCC([C@@H]2C[C@H]2C(=O)O)O1. The molecular weight excluding hydrogens is 156 g/mol. The normalized spacial score (nSPS) is 46.1. The number of carboxylic acid groups (broad SMARTS) is 1. The third-order valence-electron chi connectivity index (χ3n) is 2.90. The fourth-order valence-corrected chi connectivity index (χ4v) is 2.06. The highest BCUT2D eigenvalue weighted by Crippen LogP contribution is 2.46. The lowest BCUT2D eigenvalue weighted by atomic mass is 10.1. The van der Waals surface area contributed by atoms with E-state index >= 15 is 0 Å². The summed E-state index contributed by atoms with van der Waals surface area (Å²) in [6.07, 6.45) is 3.54. The Morgan fingerprint density at radius 3 is 2.67 bits per heavy atom. The van der Waals surface area contributed by atoms with Crippen LogP contribution in [0.4, 0.5) is 0 Å². The Labute approximate surface area is 71.7 Å². The molecule has 12 heavy (non-hydrogen) atoms. The average Bonchev–Trinajstić information content (AvgIpc) is 2.70. The summed E-state index contributed by atoms with van der Waals surface area (Å²) < 4.78 is 5.60. The van der Waals surface area contributed by atoms with Crippen molar-refractivity contribution in [3.63, 3.8) is 0 Å². The summed E-state index contributed by atoms with van der Waals surface area (Å²) in [6.45, 7) is 2.05. The smallest absolute Gasteiger partial charge is 0.306 e. The summed E-state index contributed by atoms with van der Waals surface area (Å²) in [4.78, 5) is 10.6. The van der Waals surface area contributed by atoms with Gasteiger partial charge in [0, 0.05) is 0 Å². The van der Waals surface area contributed by atoms with Crippen molar-refractivity contribution in [3.05, 3.63) is 0 Å². The number of aliphatic carboxylic acids is 1. The van der Waals surface area contributed by atoms with Gasteiger partial charge in [0.2, 0.25) is 0 Å². The van der Waals surface area contributed by atoms with E-state index in [4.69, 9.17) is 9.84 Å². The minimum Gasteiger partial charge on any atom is -0.481 e. The lowest BCUT2D eigenvalue weighted by molar-refractivity contribution is -0.139. The largest absolute Gasteiger partial charge is 0.481 e. The highest BCUT2D eigenvalue weighted by atomic mass is 16.5. The Hall–Kier alpha value is -0.570. The van der Waals surface area contributed by atoms with Gasteiger partial charge in [-0.15, -0.1) is 0 Å². The molecular formula is C9H14O3. The second-order valence-electron chi connectivity index (χ2n) is 3.91. The van der Waals surface area contributed by atoms with Gasteiger partial charge in [-0.05, 0) is 32.1 Å². The van der Waals surface area contributed by atoms with Crippen LogP contribution in [0.25, 0.3) is 0 Å². The van der Waals surface area contributed by atoms with E-state index in [2.05, 4.69) is 6.92 Å². The Bertz CT molecular complexity index is 202. The molecule has 1 N–H and O–H groups in total. The first kappa shape index (κ1) is 8.05. The van der Waals surface area contributed by atoms with Crippen molar-refractivity contribution in [1.82, 2.24) is 0 Å². The van der Waals surface area contributed by atoms with Crippen LogP contribution in [0.1, 0.15) is 26.2 Å². The van der Waals surface area contributed by atoms with Crippen LogP contribution < -0.4 is 0 Å². The van der Waals surface area contributed by atoms with Gasteiger partial charge in [0.25, 0.3) is 0 Å². The van der Waals surface area contributed by atoms with Crippen LogP contribution in [0, 0.1) is 11.8 Å². The molecule has 0 amide bonds. The zero-order chi connectivity index (χ0) is 8.72. The first-order valence-electron chi connectivity index (χ1n) is 4.56. The summed E-state index contributed by atoms with van der Waals surface area (Å²) in [7, 11) is 0. The maximum absolute atomic E-state index is 10.6. The molecule has 0 spiro atoms. The number of carboxylic acids is 1. The van der Waals surface area contributed by atoms with Crippen LogP contribution in [-0.4, -0.2) is 23.3 Å². The molecule has 1 saturated heterocycles. The van der Waals surface area contributed by atoms with Crippen molar-refractivity contribution in [3.8, 4) is 0 Å². The van der Waals surface area contributed by atoms with Gasteiger partial charge in [0.05, 0.1) is 18.1 Å². The first-order valence-corrected chi connectivity index (χ1v) is 4.56. The number of carbonyl (C=O) groups is 1. The van der Waals surface area contributed by atoms with Crippen LogP contribution in [0.15, 0.2) is 0 Å². The highest BCUT2D eigenvalue weighted by Gasteiger charge is 2.49. The predicted octanol–water partition coefficient (Wildman–Crippen LogP) is 1.27. The van der Waals surface area contributed by atoms with E-state index in [0.717, 1.165) is 19.3 Å². The first-order chi connectivity index (χ1) is 5.68. The van der Waals surface area contributed by atoms with Crippen molar-refractivity contribution in [2.45, 2.75) is 38.4 Å². The molecule has 2 fully saturated rings. The van der Waals surface area contributed by atoms with Gasteiger partial charge in [-0.25, -0.2) is 0 Å². The van der Waals surface area contributed by atoms with Crippen molar-refractivity contribution in [1.29, 1.82) is 0 Å². The van der Waals surface area contributed by atoms with Gasteiger partial charge in [0.1, 0.15) is 0 Å². The van der Waals surface area contributed by atoms with E-state index in [1.54, 1.807) is 0 Å². The topological polar surface area (TPSA) is 46.5 Å². The van der Waals surface area contributed by atoms with Gasteiger partial charge in [0.15, 0.2) is 0 Å². The van der Waals surface area contributed by atoms with Gasteiger partial charge in [-0.2, -0.15) is 0 Å². The second-order valence-corrected chi connectivity index (χ2v) is 3.91. The lowest BCUT2D eigenvalue weighted by Crippen LogP contribution is -2.14. The molecule has 0 aromatic carbocycles. The molecule has 1 saturated carbocycles. The van der Waals surface area contributed by atoms with Crippen LogP contribution in [0.3, 0.4) is 0 Å². The van der Waals surface area contributed by atoms with Gasteiger partial charge < -0.3 is 9.84 Å². The van der Waals surface area contributed by atoms with Crippen molar-refractivity contribution >= 4 is 5.97 Å². The summed E-state index contributed by atoms with van der Waals surface area (Å²) in [6, 6.07) is 0. The summed E-state index contributed by atoms with van der Waals surface area (Å²) in [5, 5.41) is 8.69.